The van der Waals surface area contributed by atoms with Crippen LogP contribution in [0.4, 0.5) is 10.2 Å². The second-order valence-electron chi connectivity index (χ2n) is 6.69. The van der Waals surface area contributed by atoms with Crippen LogP contribution in [-0.2, 0) is 0 Å². The highest BCUT2D eigenvalue weighted by Crippen LogP contribution is 2.30. The Kier molecular flexibility index (Phi) is 4.84. The minimum Gasteiger partial charge on any atom is -0.478 e. The van der Waals surface area contributed by atoms with Crippen molar-refractivity contribution < 1.29 is 14.3 Å². The summed E-state index contributed by atoms with van der Waals surface area (Å²) in [5, 5.41) is 9.21. The van der Waals surface area contributed by atoms with E-state index >= 15 is 0 Å². The Bertz CT molecular complexity index is 955. The average molecular weight is 353 g/mol. The van der Waals surface area contributed by atoms with E-state index in [1.165, 1.54) is 24.3 Å². The number of carboxylic acids is 1. The molecule has 26 heavy (non-hydrogen) atoms. The Morgan fingerprint density at radius 2 is 1.81 bits per heavy atom. The zero-order valence-corrected chi connectivity index (χ0v) is 14.9. The smallest absolute Gasteiger partial charge is 0.335 e. The predicted octanol–water partition coefficient (Wildman–Crippen LogP) is 4.23. The standard InChI is InChI=1S/C20H20FN3O2/c1-12(2)11-24(3)19-18(13-4-7-15(21)8-5-13)22-16-9-6-14(20(25)26)10-17(16)23-19/h4-10,12H,11H2,1-3H3,(H,25,26). The number of carboxylic acid groups (broad SMARTS) is 1. The molecule has 1 N–H and O–H groups in total. The molecular weight excluding hydrogens is 333 g/mol. The van der Waals surface area contributed by atoms with Crippen molar-refractivity contribution >= 4 is 22.8 Å². The maximum absolute atomic E-state index is 13.3. The van der Waals surface area contributed by atoms with E-state index in [1.54, 1.807) is 18.2 Å². The van der Waals surface area contributed by atoms with Crippen LogP contribution in [0.1, 0.15) is 24.2 Å². The van der Waals surface area contributed by atoms with Crippen LogP contribution < -0.4 is 4.90 Å². The first-order chi connectivity index (χ1) is 12.3. The van der Waals surface area contributed by atoms with Gasteiger partial charge in [-0.3, -0.25) is 0 Å². The molecule has 0 saturated carbocycles. The van der Waals surface area contributed by atoms with Gasteiger partial charge in [0.25, 0.3) is 0 Å². The number of nitrogens with zero attached hydrogens (tertiary/aromatic N) is 3. The number of aromatic carboxylic acids is 1. The number of anilines is 1. The number of benzene rings is 2. The van der Waals surface area contributed by atoms with Crippen LogP contribution >= 0.6 is 0 Å². The van der Waals surface area contributed by atoms with Gasteiger partial charge in [-0.25, -0.2) is 19.2 Å². The molecule has 0 aliphatic carbocycles. The molecule has 0 unspecified atom stereocenters. The van der Waals surface area contributed by atoms with Crippen LogP contribution in [0.25, 0.3) is 22.3 Å². The molecule has 0 aliphatic heterocycles. The van der Waals surface area contributed by atoms with Gasteiger partial charge in [0.1, 0.15) is 11.5 Å². The molecule has 0 bridgehead atoms. The topological polar surface area (TPSA) is 66.3 Å². The largest absolute Gasteiger partial charge is 0.478 e. The second-order valence-corrected chi connectivity index (χ2v) is 6.69. The van der Waals surface area contributed by atoms with E-state index in [0.717, 1.165) is 12.1 Å². The van der Waals surface area contributed by atoms with Gasteiger partial charge < -0.3 is 10.0 Å². The minimum absolute atomic E-state index is 0.166. The number of aromatic nitrogens is 2. The van der Waals surface area contributed by atoms with Crippen molar-refractivity contribution in [2.24, 2.45) is 5.92 Å². The molecule has 0 saturated heterocycles. The molecule has 0 spiro atoms. The molecule has 0 aliphatic rings. The molecule has 3 rings (SSSR count). The van der Waals surface area contributed by atoms with E-state index in [1.807, 2.05) is 11.9 Å². The molecular formula is C20H20FN3O2. The third-order valence-corrected chi connectivity index (χ3v) is 4.01. The van der Waals surface area contributed by atoms with Gasteiger partial charge in [0.2, 0.25) is 0 Å². The summed E-state index contributed by atoms with van der Waals surface area (Å²) in [5.74, 6) is -0.275. The number of hydrogen-bond donors (Lipinski definition) is 1. The van der Waals surface area contributed by atoms with Crippen molar-refractivity contribution in [2.45, 2.75) is 13.8 Å². The lowest BCUT2D eigenvalue weighted by molar-refractivity contribution is 0.0697. The molecule has 1 aromatic heterocycles. The van der Waals surface area contributed by atoms with Gasteiger partial charge in [0.15, 0.2) is 5.82 Å². The van der Waals surface area contributed by atoms with Gasteiger partial charge in [-0.1, -0.05) is 13.8 Å². The highest BCUT2D eigenvalue weighted by Gasteiger charge is 2.17. The highest BCUT2D eigenvalue weighted by molar-refractivity contribution is 5.93. The van der Waals surface area contributed by atoms with Gasteiger partial charge in [-0.2, -0.15) is 0 Å². The second kappa shape index (κ2) is 7.07. The molecule has 0 atom stereocenters. The molecule has 5 nitrogen and oxygen atoms in total. The lowest BCUT2D eigenvalue weighted by atomic mass is 10.1. The van der Waals surface area contributed by atoms with E-state index in [9.17, 15) is 14.3 Å². The first-order valence-electron chi connectivity index (χ1n) is 8.37. The van der Waals surface area contributed by atoms with Crippen molar-refractivity contribution in [2.75, 3.05) is 18.5 Å². The average Bonchev–Trinajstić information content (AvgIpc) is 2.60. The Labute approximate surface area is 151 Å². The summed E-state index contributed by atoms with van der Waals surface area (Å²) in [6.07, 6.45) is 0. The first kappa shape index (κ1) is 17.8. The van der Waals surface area contributed by atoms with Crippen molar-refractivity contribution in [3.8, 4) is 11.3 Å². The summed E-state index contributed by atoms with van der Waals surface area (Å²) >= 11 is 0. The Hall–Kier alpha value is -3.02. The van der Waals surface area contributed by atoms with Gasteiger partial charge in [0.05, 0.1) is 16.6 Å². The number of rotatable bonds is 5. The SMILES string of the molecule is CC(C)CN(C)c1nc2cc(C(=O)O)ccc2nc1-c1ccc(F)cc1. The van der Waals surface area contributed by atoms with Crippen molar-refractivity contribution in [1.29, 1.82) is 0 Å². The number of fused-ring (bicyclic) bond motifs is 1. The molecule has 0 amide bonds. The van der Waals surface area contributed by atoms with Crippen molar-refractivity contribution in [3.63, 3.8) is 0 Å². The molecule has 6 heteroatoms. The van der Waals surface area contributed by atoms with Crippen LogP contribution in [0.3, 0.4) is 0 Å². The van der Waals surface area contributed by atoms with Crippen LogP contribution in [0.2, 0.25) is 0 Å². The van der Waals surface area contributed by atoms with Crippen molar-refractivity contribution in [3.05, 3.63) is 53.8 Å². The summed E-state index contributed by atoms with van der Waals surface area (Å²) in [7, 11) is 1.92. The lowest BCUT2D eigenvalue weighted by Crippen LogP contribution is -2.24. The molecule has 134 valence electrons. The zero-order valence-electron chi connectivity index (χ0n) is 14.9. The zero-order chi connectivity index (χ0) is 18.8. The van der Waals surface area contributed by atoms with E-state index in [0.29, 0.717) is 28.5 Å². The maximum Gasteiger partial charge on any atom is 0.335 e. The Morgan fingerprint density at radius 3 is 2.42 bits per heavy atom. The van der Waals surface area contributed by atoms with Crippen LogP contribution in [0.15, 0.2) is 42.5 Å². The summed E-state index contributed by atoms with van der Waals surface area (Å²) < 4.78 is 13.3. The van der Waals surface area contributed by atoms with Crippen molar-refractivity contribution in [1.82, 2.24) is 9.97 Å². The summed E-state index contributed by atoms with van der Waals surface area (Å²) in [4.78, 5) is 22.6. The minimum atomic E-state index is -1.01. The van der Waals surface area contributed by atoms with Gasteiger partial charge in [0, 0.05) is 19.2 Å². The molecule has 0 fully saturated rings. The Balaban J connectivity index is 2.21. The third kappa shape index (κ3) is 3.64. The molecule has 2 aromatic carbocycles. The molecule has 0 radical (unpaired) electrons. The quantitative estimate of drug-likeness (QED) is 0.744. The van der Waals surface area contributed by atoms with E-state index in [2.05, 4.69) is 23.8 Å². The van der Waals surface area contributed by atoms with Crippen LogP contribution in [0.5, 0.6) is 0 Å². The van der Waals surface area contributed by atoms with Gasteiger partial charge in [-0.15, -0.1) is 0 Å². The van der Waals surface area contributed by atoms with E-state index in [4.69, 9.17) is 0 Å². The fourth-order valence-electron chi connectivity index (χ4n) is 2.88. The fraction of sp³-hybridized carbons (Fsp3) is 0.250. The summed E-state index contributed by atoms with van der Waals surface area (Å²) in [6, 6.07) is 10.8. The van der Waals surface area contributed by atoms with E-state index in [-0.39, 0.29) is 11.4 Å². The Morgan fingerprint density at radius 1 is 1.12 bits per heavy atom. The number of halogens is 1. The number of hydrogen-bond acceptors (Lipinski definition) is 4. The lowest BCUT2D eigenvalue weighted by Gasteiger charge is -2.23. The van der Waals surface area contributed by atoms with Crippen LogP contribution in [0, 0.1) is 11.7 Å². The first-order valence-corrected chi connectivity index (χ1v) is 8.37. The van der Waals surface area contributed by atoms with E-state index < -0.39 is 5.97 Å². The summed E-state index contributed by atoms with van der Waals surface area (Å²) in [6.45, 7) is 4.96. The molecule has 1 heterocycles. The monoisotopic (exact) mass is 353 g/mol. The third-order valence-electron chi connectivity index (χ3n) is 4.01. The predicted molar refractivity (Wildman–Crippen MR) is 100.0 cm³/mol. The summed E-state index contributed by atoms with van der Waals surface area (Å²) in [5.41, 5.74) is 2.67. The van der Waals surface area contributed by atoms with Gasteiger partial charge >= 0.3 is 5.97 Å². The maximum atomic E-state index is 13.3. The van der Waals surface area contributed by atoms with Crippen LogP contribution in [-0.4, -0.2) is 34.6 Å². The fourth-order valence-corrected chi connectivity index (χ4v) is 2.88. The van der Waals surface area contributed by atoms with Gasteiger partial charge in [-0.05, 0) is 48.4 Å². The number of carbonyl (C=O) groups is 1. The normalized spacial score (nSPS) is 11.1. The molecule has 3 aromatic rings. The highest BCUT2D eigenvalue weighted by atomic mass is 19.1.